The van der Waals surface area contributed by atoms with Crippen LogP contribution in [0, 0.1) is 11.3 Å². The number of carbonyl (C=O) groups excluding carboxylic acids is 3. The molecule has 0 saturated carbocycles. The molecule has 3 amide bonds. The normalized spacial score (nSPS) is 14.5. The van der Waals surface area contributed by atoms with Gasteiger partial charge in [-0.05, 0) is 48.6 Å². The standard InChI is InChI=1S/C36H55N5O6S/c1-24(2)29(22-25(3)32(42)40-48(45,46)23-26-14-12-11-13-15-26)41(10)34(44)31(35(4,5)6)39-33(43)30(38-9)36(7,8)27-16-18-28(19-17-27)47-21-20-37/h11-19,22,24,29-31,38H,20-21,23,37H2,1-10H3,(H,39,43)(H,40,42). The fraction of sp³-hybridized carbons (Fsp3) is 0.528. The van der Waals surface area contributed by atoms with Crippen molar-refractivity contribution in [2.24, 2.45) is 17.1 Å². The zero-order valence-electron chi connectivity index (χ0n) is 30.1. The molecule has 0 saturated heterocycles. The predicted molar refractivity (Wildman–Crippen MR) is 191 cm³/mol. The van der Waals surface area contributed by atoms with E-state index in [9.17, 15) is 22.8 Å². The largest absolute Gasteiger partial charge is 0.492 e. The fourth-order valence-electron chi connectivity index (χ4n) is 5.50. The molecule has 0 aliphatic rings. The quantitative estimate of drug-likeness (QED) is 0.196. The number of carbonyl (C=O) groups is 3. The molecule has 2 aromatic rings. The van der Waals surface area contributed by atoms with Gasteiger partial charge >= 0.3 is 0 Å². The van der Waals surface area contributed by atoms with Crippen LogP contribution in [0.3, 0.4) is 0 Å². The van der Waals surface area contributed by atoms with Crippen molar-refractivity contribution in [1.82, 2.24) is 20.3 Å². The number of sulfonamides is 1. The number of hydrogen-bond donors (Lipinski definition) is 4. The van der Waals surface area contributed by atoms with E-state index in [4.69, 9.17) is 10.5 Å². The minimum Gasteiger partial charge on any atom is -0.492 e. The third-order valence-electron chi connectivity index (χ3n) is 8.36. The molecule has 0 heterocycles. The Morgan fingerprint density at radius 2 is 1.54 bits per heavy atom. The number of ether oxygens (including phenoxy) is 1. The average Bonchev–Trinajstić information content (AvgIpc) is 3.00. The Balaban J connectivity index is 2.29. The highest BCUT2D eigenvalue weighted by atomic mass is 32.2. The Kier molecular flexibility index (Phi) is 14.4. The highest BCUT2D eigenvalue weighted by molar-refractivity contribution is 7.89. The first-order valence-electron chi connectivity index (χ1n) is 16.2. The SMILES string of the molecule is CNC(C(=O)NC(C(=O)N(C)C(C=C(C)C(=O)NS(=O)(=O)Cc1ccccc1)C(C)C)C(C)(C)C)C(C)(C)c1ccc(OCCN)cc1. The van der Waals surface area contributed by atoms with E-state index in [0.29, 0.717) is 24.5 Å². The van der Waals surface area contributed by atoms with Crippen molar-refractivity contribution in [2.75, 3.05) is 27.2 Å². The molecule has 48 heavy (non-hydrogen) atoms. The molecule has 5 N–H and O–H groups in total. The highest BCUT2D eigenvalue weighted by Gasteiger charge is 2.41. The van der Waals surface area contributed by atoms with Crippen LogP contribution in [0.15, 0.2) is 66.2 Å². The first-order chi connectivity index (χ1) is 22.2. The van der Waals surface area contributed by atoms with Crippen LogP contribution in [0.5, 0.6) is 5.75 Å². The van der Waals surface area contributed by atoms with Gasteiger partial charge in [0.1, 0.15) is 18.4 Å². The number of nitrogens with one attached hydrogen (secondary N) is 3. The van der Waals surface area contributed by atoms with Gasteiger partial charge in [-0.25, -0.2) is 13.1 Å². The van der Waals surface area contributed by atoms with Crippen LogP contribution < -0.4 is 25.8 Å². The molecule has 0 bridgehead atoms. The second-order valence-electron chi connectivity index (χ2n) is 14.1. The lowest BCUT2D eigenvalue weighted by Crippen LogP contribution is -2.61. The van der Waals surface area contributed by atoms with Crippen LogP contribution >= 0.6 is 0 Å². The Labute approximate surface area is 287 Å². The zero-order chi connectivity index (χ0) is 36.4. The fourth-order valence-corrected chi connectivity index (χ4v) is 6.65. The van der Waals surface area contributed by atoms with E-state index >= 15 is 0 Å². The Hall–Kier alpha value is -3.74. The van der Waals surface area contributed by atoms with Crippen LogP contribution in [0.2, 0.25) is 0 Å². The van der Waals surface area contributed by atoms with Crippen molar-refractivity contribution in [1.29, 1.82) is 0 Å². The van der Waals surface area contributed by atoms with E-state index in [1.54, 1.807) is 50.5 Å². The second-order valence-corrected chi connectivity index (χ2v) is 15.8. The molecule has 2 aromatic carbocycles. The van der Waals surface area contributed by atoms with Gasteiger partial charge in [-0.2, -0.15) is 0 Å². The van der Waals surface area contributed by atoms with Gasteiger partial charge in [0, 0.05) is 24.6 Å². The summed E-state index contributed by atoms with van der Waals surface area (Å²) in [6.45, 7) is 15.7. The lowest BCUT2D eigenvalue weighted by Gasteiger charge is -2.40. The number of benzene rings is 2. The molecule has 0 fully saturated rings. The molecule has 3 unspecified atom stereocenters. The zero-order valence-corrected chi connectivity index (χ0v) is 30.9. The van der Waals surface area contributed by atoms with Crippen molar-refractivity contribution in [3.63, 3.8) is 0 Å². The summed E-state index contributed by atoms with van der Waals surface area (Å²) in [4.78, 5) is 42.6. The minimum atomic E-state index is -3.95. The molecule has 2 rings (SSSR count). The number of amides is 3. The molecule has 266 valence electrons. The number of nitrogens with zero attached hydrogens (tertiary/aromatic N) is 1. The summed E-state index contributed by atoms with van der Waals surface area (Å²) in [5.74, 6) is -1.25. The highest BCUT2D eigenvalue weighted by Crippen LogP contribution is 2.30. The maximum atomic E-state index is 14.2. The van der Waals surface area contributed by atoms with Gasteiger partial charge in [-0.1, -0.05) is 97.0 Å². The second kappa shape index (κ2) is 17.1. The first kappa shape index (κ1) is 40.4. The molecule has 3 atom stereocenters. The molecule has 0 aliphatic carbocycles. The lowest BCUT2D eigenvalue weighted by molar-refractivity contribution is -0.140. The molecule has 11 nitrogen and oxygen atoms in total. The van der Waals surface area contributed by atoms with Gasteiger partial charge in [0.25, 0.3) is 5.91 Å². The molecule has 0 aliphatic heterocycles. The minimum absolute atomic E-state index is 0.139. The molecule has 0 aromatic heterocycles. The van der Waals surface area contributed by atoms with Gasteiger partial charge in [-0.3, -0.25) is 14.4 Å². The first-order valence-corrected chi connectivity index (χ1v) is 17.8. The van der Waals surface area contributed by atoms with Crippen LogP contribution in [-0.4, -0.2) is 76.4 Å². The third kappa shape index (κ3) is 11.2. The van der Waals surface area contributed by atoms with Gasteiger partial charge in [0.05, 0.1) is 17.8 Å². The van der Waals surface area contributed by atoms with E-state index in [0.717, 1.165) is 5.56 Å². The predicted octanol–water partition coefficient (Wildman–Crippen LogP) is 3.50. The van der Waals surface area contributed by atoms with E-state index in [1.807, 2.05) is 72.7 Å². The third-order valence-corrected chi connectivity index (χ3v) is 9.57. The molecular weight excluding hydrogens is 630 g/mol. The summed E-state index contributed by atoms with van der Waals surface area (Å²) in [7, 11) is -0.621. The van der Waals surface area contributed by atoms with Gasteiger partial charge in [-0.15, -0.1) is 0 Å². The summed E-state index contributed by atoms with van der Waals surface area (Å²) in [5.41, 5.74) is 5.80. The molecule has 12 heteroatoms. The van der Waals surface area contributed by atoms with Crippen molar-refractivity contribution < 1.29 is 27.5 Å². The van der Waals surface area contributed by atoms with E-state index in [-0.39, 0.29) is 29.1 Å². The lowest BCUT2D eigenvalue weighted by atomic mass is 9.76. The maximum Gasteiger partial charge on any atom is 0.260 e. The Bertz CT molecular complexity index is 1520. The monoisotopic (exact) mass is 685 g/mol. The van der Waals surface area contributed by atoms with Crippen LogP contribution in [-0.2, 0) is 35.6 Å². The van der Waals surface area contributed by atoms with E-state index < -0.39 is 44.9 Å². The summed E-state index contributed by atoms with van der Waals surface area (Å²) in [6, 6.07) is 13.9. The maximum absolute atomic E-state index is 14.2. The van der Waals surface area contributed by atoms with Crippen molar-refractivity contribution in [3.8, 4) is 5.75 Å². The van der Waals surface area contributed by atoms with Crippen LogP contribution in [0.1, 0.15) is 66.5 Å². The number of rotatable bonds is 16. The Morgan fingerprint density at radius 3 is 2.04 bits per heavy atom. The van der Waals surface area contributed by atoms with Gasteiger partial charge in [0.2, 0.25) is 21.8 Å². The average molecular weight is 686 g/mol. The molecular formula is C36H55N5O6S. The van der Waals surface area contributed by atoms with Crippen LogP contribution in [0.25, 0.3) is 0 Å². The van der Waals surface area contributed by atoms with E-state index in [1.165, 1.54) is 11.8 Å². The summed E-state index contributed by atoms with van der Waals surface area (Å²) in [5, 5.41) is 6.16. The smallest absolute Gasteiger partial charge is 0.260 e. The topological polar surface area (TPSA) is 160 Å². The number of likely N-dealkylation sites (N-methyl/N-ethyl adjacent to an activating group) is 2. The summed E-state index contributed by atoms with van der Waals surface area (Å²) in [6.07, 6.45) is 1.60. The number of hydrogen-bond acceptors (Lipinski definition) is 8. The molecule has 0 radical (unpaired) electrons. The summed E-state index contributed by atoms with van der Waals surface area (Å²) >= 11 is 0. The number of nitrogens with two attached hydrogens (primary N) is 1. The van der Waals surface area contributed by atoms with Gasteiger partial charge < -0.3 is 26.0 Å². The van der Waals surface area contributed by atoms with Gasteiger partial charge in [0.15, 0.2) is 0 Å². The van der Waals surface area contributed by atoms with E-state index in [2.05, 4.69) is 15.4 Å². The molecule has 0 spiro atoms. The van der Waals surface area contributed by atoms with Crippen LogP contribution in [0.4, 0.5) is 0 Å². The Morgan fingerprint density at radius 1 is 0.958 bits per heavy atom. The van der Waals surface area contributed by atoms with Crippen molar-refractivity contribution >= 4 is 27.7 Å². The van der Waals surface area contributed by atoms with Crippen molar-refractivity contribution in [2.45, 2.75) is 84.7 Å². The summed E-state index contributed by atoms with van der Waals surface area (Å²) < 4.78 is 33.1. The van der Waals surface area contributed by atoms with Crippen molar-refractivity contribution in [3.05, 3.63) is 77.4 Å².